The predicted octanol–water partition coefficient (Wildman–Crippen LogP) is 5.19. The summed E-state index contributed by atoms with van der Waals surface area (Å²) in [5, 5.41) is 24.3. The highest BCUT2D eigenvalue weighted by Gasteiger charge is 2.28. The third-order valence-corrected chi connectivity index (χ3v) is 5.80. The second-order valence-electron chi connectivity index (χ2n) is 9.68. The van der Waals surface area contributed by atoms with E-state index in [1.165, 1.54) is 0 Å². The Morgan fingerprint density at radius 1 is 1.12 bits per heavy atom. The zero-order chi connectivity index (χ0) is 24.0. The first-order valence-corrected chi connectivity index (χ1v) is 10.9. The molecule has 3 aromatic rings. The summed E-state index contributed by atoms with van der Waals surface area (Å²) in [6.45, 7) is 6.74. The Morgan fingerprint density at radius 3 is 2.52 bits per heavy atom. The normalized spacial score (nSPS) is 19.3. The maximum atomic E-state index is 12.7. The zero-order valence-electron chi connectivity index (χ0n) is 19.0. The Morgan fingerprint density at radius 2 is 1.88 bits per heavy atom. The molecule has 1 aliphatic carbocycles. The van der Waals surface area contributed by atoms with Crippen molar-refractivity contribution in [2.24, 2.45) is 0 Å². The molecular weight excluding hydrogens is 435 g/mol. The van der Waals surface area contributed by atoms with Gasteiger partial charge in [-0.1, -0.05) is 25.9 Å². The number of rotatable bonds is 5. The number of anilines is 2. The van der Waals surface area contributed by atoms with Gasteiger partial charge in [-0.25, -0.2) is 4.98 Å². The van der Waals surface area contributed by atoms with Gasteiger partial charge >= 0.3 is 12.2 Å². The van der Waals surface area contributed by atoms with Crippen molar-refractivity contribution in [1.29, 1.82) is 0 Å². The smallest absolute Gasteiger partial charge is 0.402 e. The van der Waals surface area contributed by atoms with E-state index in [9.17, 15) is 18.3 Å². The number of aliphatic hydroxyl groups excluding tert-OH is 1. The van der Waals surface area contributed by atoms with Crippen molar-refractivity contribution in [2.45, 2.75) is 70.7 Å². The van der Waals surface area contributed by atoms with Crippen LogP contribution in [0.1, 0.15) is 51.2 Å². The van der Waals surface area contributed by atoms with E-state index in [0.717, 1.165) is 29.4 Å². The lowest BCUT2D eigenvalue weighted by molar-refractivity contribution is -0.115. The van der Waals surface area contributed by atoms with Gasteiger partial charge in [0.25, 0.3) is 5.89 Å². The van der Waals surface area contributed by atoms with Crippen LogP contribution in [-0.2, 0) is 5.41 Å². The topological polar surface area (TPSA) is 96.1 Å². The van der Waals surface area contributed by atoms with Crippen LogP contribution >= 0.6 is 0 Å². The van der Waals surface area contributed by atoms with E-state index in [1.54, 1.807) is 18.2 Å². The van der Waals surface area contributed by atoms with Crippen molar-refractivity contribution in [1.82, 2.24) is 15.2 Å². The number of fused-ring (bicyclic) bond motifs is 1. The summed E-state index contributed by atoms with van der Waals surface area (Å²) < 4.78 is 44.0. The number of hydrogen-bond acceptors (Lipinski definition) is 7. The van der Waals surface area contributed by atoms with Gasteiger partial charge in [0.1, 0.15) is 12.2 Å². The first-order valence-electron chi connectivity index (χ1n) is 10.9. The summed E-state index contributed by atoms with van der Waals surface area (Å²) in [5.41, 5.74) is 2.85. The highest BCUT2D eigenvalue weighted by atomic mass is 19.4. The second-order valence-corrected chi connectivity index (χ2v) is 9.68. The van der Waals surface area contributed by atoms with Crippen LogP contribution in [0, 0.1) is 6.92 Å². The van der Waals surface area contributed by atoms with Gasteiger partial charge in [0.15, 0.2) is 0 Å². The lowest BCUT2D eigenvalue weighted by atomic mass is 9.84. The summed E-state index contributed by atoms with van der Waals surface area (Å²) >= 11 is 0. The maximum absolute atomic E-state index is 12.7. The number of benzene rings is 1. The molecule has 1 aromatic carbocycles. The molecule has 2 aromatic heterocycles. The van der Waals surface area contributed by atoms with Crippen molar-refractivity contribution in [3.05, 3.63) is 29.3 Å². The van der Waals surface area contributed by atoms with Crippen molar-refractivity contribution in [3.8, 4) is 11.6 Å². The molecule has 10 heteroatoms. The molecule has 1 aliphatic rings. The van der Waals surface area contributed by atoms with Gasteiger partial charge in [-0.3, -0.25) is 0 Å². The van der Waals surface area contributed by atoms with Crippen LogP contribution in [0.5, 0.6) is 0 Å². The minimum Gasteiger partial charge on any atom is -0.402 e. The molecular formula is C23H28F3N5O2. The van der Waals surface area contributed by atoms with E-state index in [0.29, 0.717) is 23.3 Å². The Labute approximate surface area is 189 Å². The third kappa shape index (κ3) is 5.38. The van der Waals surface area contributed by atoms with Crippen LogP contribution in [0.15, 0.2) is 22.6 Å². The standard InChI is InChI=1S/C23H28F3N5O2/c1-12-7-18(20-30-31-21(33-20)28-13-5-6-15(32)8-13)29-19-16(12)9-14(27-11-23(24,25)26)10-17(19)22(2,3)4/h7,9-10,13,15,27,32H,5-6,8,11H2,1-4H3,(H,28,31). The first kappa shape index (κ1) is 23.3. The monoisotopic (exact) mass is 463 g/mol. The van der Waals surface area contributed by atoms with Crippen LogP contribution in [0.4, 0.5) is 24.9 Å². The number of aromatic nitrogens is 3. The molecule has 1 fully saturated rings. The molecule has 2 atom stereocenters. The summed E-state index contributed by atoms with van der Waals surface area (Å²) in [6.07, 6.45) is -2.44. The van der Waals surface area contributed by atoms with E-state index in [-0.39, 0.29) is 29.5 Å². The first-order chi connectivity index (χ1) is 15.4. The number of aryl methyl sites for hydroxylation is 1. The number of nitrogens with one attached hydrogen (secondary N) is 2. The molecule has 7 nitrogen and oxygen atoms in total. The van der Waals surface area contributed by atoms with Gasteiger partial charge in [-0.05, 0) is 60.9 Å². The molecule has 0 saturated heterocycles. The predicted molar refractivity (Wildman–Crippen MR) is 120 cm³/mol. The molecule has 0 spiro atoms. The van der Waals surface area contributed by atoms with Gasteiger partial charge in [0, 0.05) is 17.1 Å². The summed E-state index contributed by atoms with van der Waals surface area (Å²) in [4.78, 5) is 4.77. The quantitative estimate of drug-likeness (QED) is 0.479. The van der Waals surface area contributed by atoms with Crippen LogP contribution < -0.4 is 10.6 Å². The molecule has 3 N–H and O–H groups in total. The molecule has 4 rings (SSSR count). The number of halogens is 3. The molecule has 178 valence electrons. The van der Waals surface area contributed by atoms with Gasteiger partial charge in [0.05, 0.1) is 11.6 Å². The molecule has 0 aliphatic heterocycles. The fourth-order valence-corrected chi connectivity index (χ4v) is 4.13. The third-order valence-electron chi connectivity index (χ3n) is 5.80. The van der Waals surface area contributed by atoms with Gasteiger partial charge in [-0.2, -0.15) is 13.2 Å². The van der Waals surface area contributed by atoms with Crippen molar-refractivity contribution >= 4 is 22.6 Å². The summed E-state index contributed by atoms with van der Waals surface area (Å²) in [7, 11) is 0. The molecule has 33 heavy (non-hydrogen) atoms. The van der Waals surface area contributed by atoms with Crippen molar-refractivity contribution in [2.75, 3.05) is 17.2 Å². The Hall–Kier alpha value is -2.88. The van der Waals surface area contributed by atoms with E-state index in [4.69, 9.17) is 9.40 Å². The van der Waals surface area contributed by atoms with E-state index >= 15 is 0 Å². The van der Waals surface area contributed by atoms with Gasteiger partial charge < -0.3 is 20.2 Å². The van der Waals surface area contributed by atoms with E-state index in [2.05, 4.69) is 20.8 Å². The van der Waals surface area contributed by atoms with Gasteiger partial charge in [-0.15, -0.1) is 5.10 Å². The minimum absolute atomic E-state index is 0.0784. The van der Waals surface area contributed by atoms with E-state index in [1.807, 2.05) is 27.7 Å². The highest BCUT2D eigenvalue weighted by Crippen LogP contribution is 2.35. The summed E-state index contributed by atoms with van der Waals surface area (Å²) in [5.74, 6) is 0.250. The lowest BCUT2D eigenvalue weighted by Gasteiger charge is -2.23. The van der Waals surface area contributed by atoms with Crippen molar-refractivity contribution in [3.63, 3.8) is 0 Å². The van der Waals surface area contributed by atoms with Crippen LogP contribution in [0.3, 0.4) is 0 Å². The molecule has 0 bridgehead atoms. The second kappa shape index (κ2) is 8.48. The fourth-order valence-electron chi connectivity index (χ4n) is 4.13. The number of hydrogen-bond donors (Lipinski definition) is 3. The largest absolute Gasteiger partial charge is 0.405 e. The fraction of sp³-hybridized carbons (Fsp3) is 0.522. The SMILES string of the molecule is Cc1cc(-c2nnc(NC3CCC(O)C3)o2)nc2c(C(C)(C)C)cc(NCC(F)(F)F)cc12. The van der Waals surface area contributed by atoms with Crippen LogP contribution in [0.2, 0.25) is 0 Å². The average molecular weight is 464 g/mol. The van der Waals surface area contributed by atoms with Gasteiger partial charge in [0.2, 0.25) is 0 Å². The van der Waals surface area contributed by atoms with Crippen molar-refractivity contribution < 1.29 is 22.7 Å². The van der Waals surface area contributed by atoms with E-state index < -0.39 is 12.7 Å². The minimum atomic E-state index is -4.31. The number of pyridine rings is 1. The van der Waals surface area contributed by atoms with Crippen LogP contribution in [-0.4, -0.2) is 45.2 Å². The molecule has 0 amide bonds. The average Bonchev–Trinajstić information content (AvgIpc) is 3.34. The summed E-state index contributed by atoms with van der Waals surface area (Å²) in [6, 6.07) is 5.55. The highest BCUT2D eigenvalue weighted by molar-refractivity contribution is 5.90. The lowest BCUT2D eigenvalue weighted by Crippen LogP contribution is -2.22. The molecule has 2 unspecified atom stereocenters. The number of aliphatic hydroxyl groups is 1. The number of nitrogens with zero attached hydrogens (tertiary/aromatic N) is 3. The zero-order valence-corrected chi connectivity index (χ0v) is 19.0. The number of alkyl halides is 3. The maximum Gasteiger partial charge on any atom is 0.405 e. The molecule has 0 radical (unpaired) electrons. The Bertz CT molecular complexity index is 1150. The molecule has 1 saturated carbocycles. The Balaban J connectivity index is 1.70. The molecule has 2 heterocycles. The Kier molecular flexibility index (Phi) is 5.98. The van der Waals surface area contributed by atoms with Crippen LogP contribution in [0.25, 0.3) is 22.5 Å².